The van der Waals surface area contributed by atoms with Crippen molar-refractivity contribution in [3.05, 3.63) is 22.5 Å². The van der Waals surface area contributed by atoms with Gasteiger partial charge in [-0.2, -0.15) is 0 Å². The number of hydrogen-bond acceptors (Lipinski definition) is 4. The Labute approximate surface area is 149 Å². The van der Waals surface area contributed by atoms with Crippen LogP contribution in [-0.4, -0.2) is 53.5 Å². The summed E-state index contributed by atoms with van der Waals surface area (Å²) < 4.78 is 6.62. The number of nitrogens with zero attached hydrogens (tertiary/aromatic N) is 2. The molecule has 0 bridgehead atoms. The molecule has 0 aromatic carbocycles. The van der Waals surface area contributed by atoms with Crippen molar-refractivity contribution in [2.75, 3.05) is 20.2 Å². The average molecular weight is 351 g/mol. The molecule has 0 saturated carbocycles. The van der Waals surface area contributed by atoms with Crippen LogP contribution in [0.25, 0.3) is 0 Å². The van der Waals surface area contributed by atoms with Crippen molar-refractivity contribution in [2.45, 2.75) is 54.1 Å². The van der Waals surface area contributed by atoms with Crippen LogP contribution in [0.1, 0.15) is 59.8 Å². The predicted molar refractivity (Wildman–Crippen MR) is 96.2 cm³/mol. The minimum atomic E-state index is -0.466. The van der Waals surface area contributed by atoms with Gasteiger partial charge >= 0.3 is 12.0 Å². The Balaban J connectivity index is 3.19. The van der Waals surface area contributed by atoms with Crippen LogP contribution < -0.4 is 5.32 Å². The Kier molecular flexibility index (Phi) is 7.21. The van der Waals surface area contributed by atoms with E-state index in [9.17, 15) is 14.4 Å². The van der Waals surface area contributed by atoms with Crippen LogP contribution >= 0.6 is 0 Å². The van der Waals surface area contributed by atoms with E-state index in [1.165, 1.54) is 12.0 Å². The second kappa shape index (κ2) is 8.69. The highest BCUT2D eigenvalue weighted by atomic mass is 16.5. The standard InChI is InChI=1S/C18H29N3O4/c1-8-20(18(24)19-11(3)4)10-14(22)15-12(5)16(17(23)25-7)21(9-2)13(15)6/h11H,8-10H2,1-7H3,(H,19,24). The molecule has 1 heterocycles. The molecule has 0 atom stereocenters. The fraction of sp³-hybridized carbons (Fsp3) is 0.611. The molecule has 2 amide bonds. The fourth-order valence-corrected chi connectivity index (χ4v) is 2.98. The van der Waals surface area contributed by atoms with E-state index < -0.39 is 5.97 Å². The van der Waals surface area contributed by atoms with E-state index in [1.807, 2.05) is 27.7 Å². The predicted octanol–water partition coefficient (Wildman–Crippen LogP) is 2.53. The van der Waals surface area contributed by atoms with E-state index in [0.717, 1.165) is 0 Å². The number of hydrogen-bond donors (Lipinski definition) is 1. The number of Topliss-reactive ketones (excluding diaryl/α,β-unsaturated/α-hetero) is 1. The summed E-state index contributed by atoms with van der Waals surface area (Å²) in [7, 11) is 1.32. The molecule has 25 heavy (non-hydrogen) atoms. The molecule has 140 valence electrons. The third-order valence-corrected chi connectivity index (χ3v) is 4.16. The third kappa shape index (κ3) is 4.41. The van der Waals surface area contributed by atoms with E-state index in [2.05, 4.69) is 5.32 Å². The van der Waals surface area contributed by atoms with Crippen molar-refractivity contribution in [3.63, 3.8) is 0 Å². The maximum absolute atomic E-state index is 12.9. The van der Waals surface area contributed by atoms with Crippen molar-refractivity contribution in [2.24, 2.45) is 0 Å². The largest absolute Gasteiger partial charge is 0.464 e. The lowest BCUT2D eigenvalue weighted by atomic mass is 10.1. The van der Waals surface area contributed by atoms with Crippen molar-refractivity contribution in [1.29, 1.82) is 0 Å². The zero-order chi connectivity index (χ0) is 19.3. The van der Waals surface area contributed by atoms with Crippen LogP contribution in [0.15, 0.2) is 0 Å². The summed E-state index contributed by atoms with van der Waals surface area (Å²) in [4.78, 5) is 38.6. The molecule has 0 spiro atoms. The molecular formula is C18H29N3O4. The number of ether oxygens (including phenoxy) is 1. The number of carbonyl (C=O) groups is 3. The first kappa shape index (κ1) is 20.7. The van der Waals surface area contributed by atoms with Crippen LogP contribution in [0, 0.1) is 13.8 Å². The number of aromatic nitrogens is 1. The van der Waals surface area contributed by atoms with Crippen LogP contribution in [0.4, 0.5) is 4.79 Å². The first-order chi connectivity index (χ1) is 11.7. The second-order valence-electron chi connectivity index (χ2n) is 6.21. The van der Waals surface area contributed by atoms with Gasteiger partial charge in [-0.15, -0.1) is 0 Å². The highest BCUT2D eigenvalue weighted by molar-refractivity contribution is 6.04. The second-order valence-corrected chi connectivity index (χ2v) is 6.21. The summed E-state index contributed by atoms with van der Waals surface area (Å²) in [6.45, 7) is 11.9. The quantitative estimate of drug-likeness (QED) is 0.605. The smallest absolute Gasteiger partial charge is 0.354 e. The van der Waals surface area contributed by atoms with Crippen LogP contribution in [0.2, 0.25) is 0 Å². The molecule has 0 aliphatic heterocycles. The van der Waals surface area contributed by atoms with Crippen LogP contribution in [0.3, 0.4) is 0 Å². The molecule has 1 aromatic rings. The van der Waals surface area contributed by atoms with Gasteiger partial charge in [0.05, 0.1) is 13.7 Å². The molecule has 7 heteroatoms. The van der Waals surface area contributed by atoms with E-state index >= 15 is 0 Å². The summed E-state index contributed by atoms with van der Waals surface area (Å²) in [6.07, 6.45) is 0. The highest BCUT2D eigenvalue weighted by Crippen LogP contribution is 2.24. The number of amides is 2. The molecule has 1 rings (SSSR count). The normalized spacial score (nSPS) is 10.7. The van der Waals surface area contributed by atoms with Gasteiger partial charge in [0, 0.05) is 30.4 Å². The Morgan fingerprint density at radius 1 is 1.20 bits per heavy atom. The Morgan fingerprint density at radius 2 is 1.80 bits per heavy atom. The van der Waals surface area contributed by atoms with Crippen LogP contribution in [0.5, 0.6) is 0 Å². The monoisotopic (exact) mass is 351 g/mol. The van der Waals surface area contributed by atoms with Gasteiger partial charge < -0.3 is 19.5 Å². The fourth-order valence-electron chi connectivity index (χ4n) is 2.98. The number of likely N-dealkylation sites (N-methyl/N-ethyl adjacent to an activating group) is 1. The van der Waals surface area contributed by atoms with Gasteiger partial charge in [0.15, 0.2) is 5.78 Å². The maximum atomic E-state index is 12.9. The number of carbonyl (C=O) groups excluding carboxylic acids is 3. The van der Waals surface area contributed by atoms with E-state index in [4.69, 9.17) is 4.74 Å². The molecule has 0 aliphatic rings. The van der Waals surface area contributed by atoms with Crippen molar-refractivity contribution in [1.82, 2.24) is 14.8 Å². The SMILES string of the molecule is CCN(CC(=O)c1c(C)c(C(=O)OC)n(CC)c1C)C(=O)NC(C)C. The lowest BCUT2D eigenvalue weighted by Crippen LogP contribution is -2.45. The lowest BCUT2D eigenvalue weighted by molar-refractivity contribution is 0.0587. The maximum Gasteiger partial charge on any atom is 0.354 e. The Bertz CT molecular complexity index is 662. The molecule has 0 aliphatic carbocycles. The number of rotatable bonds is 7. The topological polar surface area (TPSA) is 80.6 Å². The Hall–Kier alpha value is -2.31. The summed E-state index contributed by atoms with van der Waals surface area (Å²) in [5, 5.41) is 2.79. The van der Waals surface area contributed by atoms with Gasteiger partial charge in [0.25, 0.3) is 0 Å². The van der Waals surface area contributed by atoms with Gasteiger partial charge in [0.2, 0.25) is 0 Å². The Morgan fingerprint density at radius 3 is 2.24 bits per heavy atom. The summed E-state index contributed by atoms with van der Waals surface area (Å²) in [5.74, 6) is -0.653. The first-order valence-electron chi connectivity index (χ1n) is 8.56. The van der Waals surface area contributed by atoms with Gasteiger partial charge in [0.1, 0.15) is 5.69 Å². The molecule has 0 fully saturated rings. The molecule has 0 unspecified atom stereocenters. The molecular weight excluding hydrogens is 322 g/mol. The van der Waals surface area contributed by atoms with Gasteiger partial charge in [-0.1, -0.05) is 0 Å². The molecule has 7 nitrogen and oxygen atoms in total. The van der Waals surface area contributed by atoms with Crippen molar-refractivity contribution >= 4 is 17.8 Å². The molecule has 0 radical (unpaired) electrons. The summed E-state index contributed by atoms with van der Waals surface area (Å²) >= 11 is 0. The lowest BCUT2D eigenvalue weighted by Gasteiger charge is -2.22. The summed E-state index contributed by atoms with van der Waals surface area (Å²) in [5.41, 5.74) is 2.18. The van der Waals surface area contributed by atoms with E-state index in [0.29, 0.717) is 35.6 Å². The first-order valence-corrected chi connectivity index (χ1v) is 8.56. The molecule has 1 N–H and O–H groups in total. The number of methoxy groups -OCH3 is 1. The molecule has 0 saturated heterocycles. The van der Waals surface area contributed by atoms with Gasteiger partial charge in [-0.05, 0) is 47.1 Å². The van der Waals surface area contributed by atoms with Crippen molar-refractivity contribution in [3.8, 4) is 0 Å². The molecule has 1 aromatic heterocycles. The van der Waals surface area contributed by atoms with Gasteiger partial charge in [-0.3, -0.25) is 4.79 Å². The zero-order valence-electron chi connectivity index (χ0n) is 16.2. The van der Waals surface area contributed by atoms with Gasteiger partial charge in [-0.25, -0.2) is 9.59 Å². The average Bonchev–Trinajstić information content (AvgIpc) is 2.80. The minimum Gasteiger partial charge on any atom is -0.464 e. The minimum absolute atomic E-state index is 0.00720. The van der Waals surface area contributed by atoms with E-state index in [-0.39, 0.29) is 24.4 Å². The number of esters is 1. The third-order valence-electron chi connectivity index (χ3n) is 4.16. The summed E-state index contributed by atoms with van der Waals surface area (Å²) in [6, 6.07) is -0.281. The highest BCUT2D eigenvalue weighted by Gasteiger charge is 2.27. The number of urea groups is 1. The number of nitrogens with one attached hydrogen (secondary N) is 1. The number of ketones is 1. The zero-order valence-corrected chi connectivity index (χ0v) is 16.2. The van der Waals surface area contributed by atoms with E-state index in [1.54, 1.807) is 18.4 Å². The van der Waals surface area contributed by atoms with Crippen molar-refractivity contribution < 1.29 is 19.1 Å². The van der Waals surface area contributed by atoms with Crippen LogP contribution in [-0.2, 0) is 11.3 Å².